The number of rotatable bonds is 4. The molecule has 2 aromatic carbocycles. The summed E-state index contributed by atoms with van der Waals surface area (Å²) in [6, 6.07) is 15.4. The van der Waals surface area contributed by atoms with Crippen LogP contribution in [0, 0.1) is 0 Å². The van der Waals surface area contributed by atoms with E-state index < -0.39 is 0 Å². The lowest BCUT2D eigenvalue weighted by Crippen LogP contribution is -2.40. The van der Waals surface area contributed by atoms with E-state index in [1.807, 2.05) is 47.4 Å². The van der Waals surface area contributed by atoms with Gasteiger partial charge in [-0.05, 0) is 39.7 Å². The van der Waals surface area contributed by atoms with E-state index in [0.717, 1.165) is 10.0 Å². The van der Waals surface area contributed by atoms with Crippen molar-refractivity contribution in [2.75, 3.05) is 26.3 Å². The summed E-state index contributed by atoms with van der Waals surface area (Å²) in [5.74, 6) is 0.693. The topological polar surface area (TPSA) is 38.8 Å². The Bertz CT molecular complexity index is 669. The maximum Gasteiger partial charge on any atom is 0.254 e. The largest absolute Gasteiger partial charge is 0.488 e. The molecule has 1 fully saturated rings. The highest BCUT2D eigenvalue weighted by Crippen LogP contribution is 2.27. The van der Waals surface area contributed by atoms with Gasteiger partial charge in [0, 0.05) is 18.7 Å². The molecule has 23 heavy (non-hydrogen) atoms. The predicted octanol–water partition coefficient (Wildman–Crippen LogP) is 3.50. The molecule has 1 aliphatic rings. The zero-order valence-corrected chi connectivity index (χ0v) is 14.3. The molecule has 5 heteroatoms. The van der Waals surface area contributed by atoms with Gasteiger partial charge in [-0.15, -0.1) is 0 Å². The Labute approximate surface area is 144 Å². The fraction of sp³-hybridized carbons (Fsp3) is 0.278. The van der Waals surface area contributed by atoms with Crippen LogP contribution in [-0.4, -0.2) is 37.1 Å². The Morgan fingerprint density at radius 3 is 2.61 bits per heavy atom. The fourth-order valence-corrected chi connectivity index (χ4v) is 2.79. The highest BCUT2D eigenvalue weighted by atomic mass is 79.9. The second-order valence-electron chi connectivity index (χ2n) is 5.32. The van der Waals surface area contributed by atoms with Crippen molar-refractivity contribution >= 4 is 21.8 Å². The maximum atomic E-state index is 12.5. The Hall–Kier alpha value is -1.85. The van der Waals surface area contributed by atoms with Crippen molar-refractivity contribution in [3.63, 3.8) is 0 Å². The Morgan fingerprint density at radius 1 is 1.13 bits per heavy atom. The summed E-state index contributed by atoms with van der Waals surface area (Å²) in [5.41, 5.74) is 1.72. The van der Waals surface area contributed by atoms with E-state index in [1.54, 1.807) is 6.07 Å². The van der Waals surface area contributed by atoms with Crippen molar-refractivity contribution in [1.29, 1.82) is 0 Å². The van der Waals surface area contributed by atoms with Crippen LogP contribution in [0.5, 0.6) is 5.75 Å². The molecule has 1 aliphatic heterocycles. The average molecular weight is 376 g/mol. The van der Waals surface area contributed by atoms with Crippen LogP contribution in [0.1, 0.15) is 15.9 Å². The van der Waals surface area contributed by atoms with E-state index in [0.29, 0.717) is 44.2 Å². The van der Waals surface area contributed by atoms with Crippen LogP contribution in [0.4, 0.5) is 0 Å². The minimum absolute atomic E-state index is 0.0189. The minimum atomic E-state index is 0.0189. The first-order chi connectivity index (χ1) is 11.2. The SMILES string of the molecule is O=C(c1ccc(Br)c(OCc2ccccc2)c1)N1CCOCC1. The van der Waals surface area contributed by atoms with E-state index in [2.05, 4.69) is 15.9 Å². The molecule has 0 unspecified atom stereocenters. The molecule has 0 atom stereocenters. The van der Waals surface area contributed by atoms with Crippen molar-refractivity contribution in [1.82, 2.24) is 4.90 Å². The number of halogens is 1. The monoisotopic (exact) mass is 375 g/mol. The molecule has 1 heterocycles. The third kappa shape index (κ3) is 4.12. The van der Waals surface area contributed by atoms with Gasteiger partial charge in [-0.25, -0.2) is 0 Å². The maximum absolute atomic E-state index is 12.5. The summed E-state index contributed by atoms with van der Waals surface area (Å²) in [5, 5.41) is 0. The quantitative estimate of drug-likeness (QED) is 0.820. The van der Waals surface area contributed by atoms with Gasteiger partial charge in [0.2, 0.25) is 0 Å². The second-order valence-corrected chi connectivity index (χ2v) is 6.18. The zero-order chi connectivity index (χ0) is 16.1. The van der Waals surface area contributed by atoms with Crippen LogP contribution < -0.4 is 4.74 Å². The zero-order valence-electron chi connectivity index (χ0n) is 12.7. The number of carbonyl (C=O) groups is 1. The van der Waals surface area contributed by atoms with Gasteiger partial charge in [-0.1, -0.05) is 30.3 Å². The first-order valence-corrected chi connectivity index (χ1v) is 8.36. The second kappa shape index (κ2) is 7.62. The molecule has 2 aromatic rings. The van der Waals surface area contributed by atoms with Gasteiger partial charge in [0.15, 0.2) is 0 Å². The number of hydrogen-bond donors (Lipinski definition) is 0. The van der Waals surface area contributed by atoms with E-state index >= 15 is 0 Å². The lowest BCUT2D eigenvalue weighted by molar-refractivity contribution is 0.0302. The number of ether oxygens (including phenoxy) is 2. The lowest BCUT2D eigenvalue weighted by atomic mass is 10.1. The first-order valence-electron chi connectivity index (χ1n) is 7.57. The van der Waals surface area contributed by atoms with E-state index in [-0.39, 0.29) is 5.91 Å². The Kier molecular flexibility index (Phi) is 5.31. The van der Waals surface area contributed by atoms with E-state index in [4.69, 9.17) is 9.47 Å². The molecular weight excluding hydrogens is 358 g/mol. The molecule has 0 spiro atoms. The highest BCUT2D eigenvalue weighted by molar-refractivity contribution is 9.10. The van der Waals surface area contributed by atoms with E-state index in [1.165, 1.54) is 0 Å². The predicted molar refractivity (Wildman–Crippen MR) is 91.6 cm³/mol. The smallest absolute Gasteiger partial charge is 0.254 e. The number of hydrogen-bond acceptors (Lipinski definition) is 3. The van der Waals surface area contributed by atoms with Crippen LogP contribution in [0.3, 0.4) is 0 Å². The average Bonchev–Trinajstić information content (AvgIpc) is 2.62. The third-order valence-corrected chi connectivity index (χ3v) is 4.37. The van der Waals surface area contributed by atoms with Crippen LogP contribution >= 0.6 is 15.9 Å². The standard InChI is InChI=1S/C18H18BrNO3/c19-16-7-6-15(18(21)20-8-10-22-11-9-20)12-17(16)23-13-14-4-2-1-3-5-14/h1-7,12H,8-11,13H2. The van der Waals surface area contributed by atoms with Crippen molar-refractivity contribution in [2.24, 2.45) is 0 Å². The summed E-state index contributed by atoms with van der Waals surface area (Å²) in [6.07, 6.45) is 0. The van der Waals surface area contributed by atoms with Crippen LogP contribution in [0.15, 0.2) is 53.0 Å². The van der Waals surface area contributed by atoms with Crippen molar-refractivity contribution in [2.45, 2.75) is 6.61 Å². The molecule has 120 valence electrons. The van der Waals surface area contributed by atoms with Gasteiger partial charge in [-0.2, -0.15) is 0 Å². The Morgan fingerprint density at radius 2 is 1.87 bits per heavy atom. The normalized spacial score (nSPS) is 14.6. The van der Waals surface area contributed by atoms with Gasteiger partial charge in [0.25, 0.3) is 5.91 Å². The van der Waals surface area contributed by atoms with Crippen LogP contribution in [0.25, 0.3) is 0 Å². The molecule has 0 aromatic heterocycles. The van der Waals surface area contributed by atoms with Gasteiger partial charge in [0.1, 0.15) is 12.4 Å². The first kappa shape index (κ1) is 16.0. The lowest BCUT2D eigenvalue weighted by Gasteiger charge is -2.27. The summed E-state index contributed by atoms with van der Waals surface area (Å²) in [6.45, 7) is 2.93. The minimum Gasteiger partial charge on any atom is -0.488 e. The molecule has 0 saturated carbocycles. The number of benzene rings is 2. The van der Waals surface area contributed by atoms with E-state index in [9.17, 15) is 4.79 Å². The summed E-state index contributed by atoms with van der Waals surface area (Å²) in [7, 11) is 0. The van der Waals surface area contributed by atoms with Gasteiger partial charge >= 0.3 is 0 Å². The number of amides is 1. The van der Waals surface area contributed by atoms with Crippen molar-refractivity contribution < 1.29 is 14.3 Å². The summed E-state index contributed by atoms with van der Waals surface area (Å²) in [4.78, 5) is 14.4. The van der Waals surface area contributed by atoms with Gasteiger partial charge in [0.05, 0.1) is 17.7 Å². The van der Waals surface area contributed by atoms with Crippen molar-refractivity contribution in [3.05, 3.63) is 64.1 Å². The fourth-order valence-electron chi connectivity index (χ4n) is 2.43. The molecule has 3 rings (SSSR count). The third-order valence-electron chi connectivity index (χ3n) is 3.71. The molecule has 1 saturated heterocycles. The highest BCUT2D eigenvalue weighted by Gasteiger charge is 2.19. The Balaban J connectivity index is 1.72. The summed E-state index contributed by atoms with van der Waals surface area (Å²) >= 11 is 3.48. The number of carbonyl (C=O) groups excluding carboxylic acids is 1. The van der Waals surface area contributed by atoms with Crippen molar-refractivity contribution in [3.8, 4) is 5.75 Å². The summed E-state index contributed by atoms with van der Waals surface area (Å²) < 4.78 is 12.0. The molecule has 0 N–H and O–H groups in total. The van der Waals surface area contributed by atoms with Crippen LogP contribution in [0.2, 0.25) is 0 Å². The van der Waals surface area contributed by atoms with Crippen LogP contribution in [-0.2, 0) is 11.3 Å². The molecule has 1 amide bonds. The van der Waals surface area contributed by atoms with Gasteiger partial charge in [-0.3, -0.25) is 4.79 Å². The van der Waals surface area contributed by atoms with Gasteiger partial charge < -0.3 is 14.4 Å². The molecule has 0 aliphatic carbocycles. The molecule has 0 bridgehead atoms. The number of nitrogens with zero attached hydrogens (tertiary/aromatic N) is 1. The molecular formula is C18H18BrNO3. The number of morpholine rings is 1. The molecule has 4 nitrogen and oxygen atoms in total. The molecule has 0 radical (unpaired) electrons.